The van der Waals surface area contributed by atoms with Crippen molar-refractivity contribution in [2.45, 2.75) is 13.1 Å². The van der Waals surface area contributed by atoms with Crippen LogP contribution in [0, 0.1) is 16.3 Å². The van der Waals surface area contributed by atoms with Gasteiger partial charge in [0.25, 0.3) is 5.78 Å². The van der Waals surface area contributed by atoms with Gasteiger partial charge in [0.15, 0.2) is 0 Å². The van der Waals surface area contributed by atoms with Crippen molar-refractivity contribution in [3.8, 4) is 0 Å². The van der Waals surface area contributed by atoms with Crippen molar-refractivity contribution in [2.75, 3.05) is 0 Å². The molecule has 0 atom stereocenters. The molecule has 0 spiro atoms. The van der Waals surface area contributed by atoms with E-state index < -0.39 is 23.3 Å². The smallest absolute Gasteiger partial charge is 0.284 e. The molecule has 0 saturated carbocycles. The summed E-state index contributed by atoms with van der Waals surface area (Å²) in [6.07, 6.45) is -5.04. The molecule has 1 aromatic carbocycles. The molecular formula is C9H5F4IO. The number of carbonyl (C=O) groups is 1. The summed E-state index contributed by atoms with van der Waals surface area (Å²) in [7, 11) is 0. The molecule has 1 aromatic rings. The van der Waals surface area contributed by atoms with Crippen molar-refractivity contribution < 1.29 is 22.4 Å². The highest BCUT2D eigenvalue weighted by Crippen LogP contribution is 2.25. The van der Waals surface area contributed by atoms with E-state index in [1.165, 1.54) is 13.0 Å². The molecule has 82 valence electrons. The van der Waals surface area contributed by atoms with E-state index in [0.29, 0.717) is 3.57 Å². The topological polar surface area (TPSA) is 17.1 Å². The third-order valence-corrected chi connectivity index (χ3v) is 2.34. The average molecular weight is 332 g/mol. The van der Waals surface area contributed by atoms with E-state index in [1.54, 1.807) is 22.6 Å². The van der Waals surface area contributed by atoms with E-state index in [0.717, 1.165) is 6.07 Å². The van der Waals surface area contributed by atoms with Crippen LogP contribution < -0.4 is 0 Å². The average Bonchev–Trinajstić information content (AvgIpc) is 2.08. The highest BCUT2D eigenvalue weighted by Gasteiger charge is 2.41. The zero-order valence-corrected chi connectivity index (χ0v) is 9.61. The van der Waals surface area contributed by atoms with Crippen molar-refractivity contribution >= 4 is 28.4 Å². The highest BCUT2D eigenvalue weighted by molar-refractivity contribution is 14.1. The van der Waals surface area contributed by atoms with Gasteiger partial charge in [0.1, 0.15) is 5.82 Å². The van der Waals surface area contributed by atoms with Gasteiger partial charge in [0.05, 0.1) is 5.56 Å². The summed E-state index contributed by atoms with van der Waals surface area (Å²) in [6.45, 7) is 1.31. The van der Waals surface area contributed by atoms with Crippen LogP contribution in [-0.2, 0) is 0 Å². The molecule has 0 aliphatic carbocycles. The minimum Gasteiger partial charge on any atom is -0.284 e. The molecule has 0 aliphatic heterocycles. The lowest BCUT2D eigenvalue weighted by Crippen LogP contribution is -2.24. The predicted molar refractivity (Wildman–Crippen MR) is 54.2 cm³/mol. The molecule has 0 N–H and O–H groups in total. The van der Waals surface area contributed by atoms with Gasteiger partial charge < -0.3 is 0 Å². The Kier molecular flexibility index (Phi) is 3.37. The molecule has 1 nitrogen and oxygen atoms in total. The summed E-state index contributed by atoms with van der Waals surface area (Å²) in [5.41, 5.74) is -0.901. The molecule has 0 radical (unpaired) electrons. The number of benzene rings is 1. The fraction of sp³-hybridized carbons (Fsp3) is 0.222. The molecule has 0 saturated heterocycles. The number of hydrogen-bond donors (Lipinski definition) is 0. The summed E-state index contributed by atoms with van der Waals surface area (Å²) in [5, 5.41) is 0. The molecule has 0 heterocycles. The van der Waals surface area contributed by atoms with Gasteiger partial charge in [0.2, 0.25) is 0 Å². The van der Waals surface area contributed by atoms with Gasteiger partial charge in [0, 0.05) is 3.57 Å². The zero-order chi connectivity index (χ0) is 11.8. The van der Waals surface area contributed by atoms with Crippen LogP contribution in [0.4, 0.5) is 17.6 Å². The Morgan fingerprint density at radius 2 is 1.87 bits per heavy atom. The minimum absolute atomic E-state index is 0.0227. The van der Waals surface area contributed by atoms with Gasteiger partial charge >= 0.3 is 6.18 Å². The summed E-state index contributed by atoms with van der Waals surface area (Å²) in [6, 6.07) is 2.25. The number of aryl methyl sites for hydroxylation is 1. The Morgan fingerprint density at radius 3 is 2.33 bits per heavy atom. The van der Waals surface area contributed by atoms with Crippen molar-refractivity contribution in [1.29, 1.82) is 0 Å². The third kappa shape index (κ3) is 2.67. The van der Waals surface area contributed by atoms with Crippen LogP contribution in [0.3, 0.4) is 0 Å². The number of halogens is 5. The first kappa shape index (κ1) is 12.4. The molecule has 0 fully saturated rings. The fourth-order valence-electron chi connectivity index (χ4n) is 1.04. The molecule has 0 aromatic heterocycles. The van der Waals surface area contributed by atoms with Gasteiger partial charge in [-0.15, -0.1) is 0 Å². The van der Waals surface area contributed by atoms with Crippen LogP contribution in [0.25, 0.3) is 0 Å². The Balaban J connectivity index is 3.32. The molecule has 0 unspecified atom stereocenters. The normalized spacial score (nSPS) is 11.6. The Morgan fingerprint density at radius 1 is 1.33 bits per heavy atom. The molecule has 0 amide bonds. The molecule has 6 heteroatoms. The first-order valence-electron chi connectivity index (χ1n) is 3.80. The molecule has 1 rings (SSSR count). The number of hydrogen-bond acceptors (Lipinski definition) is 1. The van der Waals surface area contributed by atoms with Crippen molar-refractivity contribution in [1.82, 2.24) is 0 Å². The number of Topliss-reactive ketones (excluding diaryl/α,β-unsaturated/α-hetero) is 1. The van der Waals surface area contributed by atoms with Crippen molar-refractivity contribution in [3.63, 3.8) is 0 Å². The Hall–Kier alpha value is -0.660. The predicted octanol–water partition coefficient (Wildman–Crippen LogP) is 3.48. The van der Waals surface area contributed by atoms with Crippen LogP contribution in [-0.4, -0.2) is 12.0 Å². The molecule has 15 heavy (non-hydrogen) atoms. The van der Waals surface area contributed by atoms with Crippen LogP contribution >= 0.6 is 22.6 Å². The summed E-state index contributed by atoms with van der Waals surface area (Å²) in [4.78, 5) is 10.8. The van der Waals surface area contributed by atoms with E-state index in [-0.39, 0.29) is 5.56 Å². The minimum atomic E-state index is -5.04. The summed E-state index contributed by atoms with van der Waals surface area (Å²) < 4.78 is 49.8. The van der Waals surface area contributed by atoms with E-state index in [2.05, 4.69) is 0 Å². The second-order valence-corrected chi connectivity index (χ2v) is 4.16. The largest absolute Gasteiger partial charge is 0.454 e. The first-order chi connectivity index (χ1) is 6.73. The maximum atomic E-state index is 13.2. The lowest BCUT2D eigenvalue weighted by atomic mass is 10.1. The third-order valence-electron chi connectivity index (χ3n) is 1.72. The Bertz CT molecular complexity index is 411. The highest BCUT2D eigenvalue weighted by atomic mass is 127. The lowest BCUT2D eigenvalue weighted by molar-refractivity contribution is -0.0887. The van der Waals surface area contributed by atoms with E-state index in [9.17, 15) is 22.4 Å². The molecule has 0 bridgehead atoms. The van der Waals surface area contributed by atoms with Crippen LogP contribution in [0.15, 0.2) is 12.1 Å². The second kappa shape index (κ2) is 4.07. The first-order valence-corrected chi connectivity index (χ1v) is 4.88. The van der Waals surface area contributed by atoms with Crippen molar-refractivity contribution in [3.05, 3.63) is 32.6 Å². The number of ketones is 1. The van der Waals surface area contributed by atoms with Gasteiger partial charge in [-0.3, -0.25) is 4.79 Å². The quantitative estimate of drug-likeness (QED) is 0.437. The fourth-order valence-corrected chi connectivity index (χ4v) is 1.82. The number of rotatable bonds is 1. The van der Waals surface area contributed by atoms with Gasteiger partial charge in [-0.25, -0.2) is 4.39 Å². The van der Waals surface area contributed by atoms with Crippen LogP contribution in [0.2, 0.25) is 0 Å². The second-order valence-electron chi connectivity index (χ2n) is 2.91. The van der Waals surface area contributed by atoms with E-state index in [1.807, 2.05) is 0 Å². The van der Waals surface area contributed by atoms with Gasteiger partial charge in [-0.1, -0.05) is 0 Å². The van der Waals surface area contributed by atoms with Crippen molar-refractivity contribution in [2.24, 2.45) is 0 Å². The van der Waals surface area contributed by atoms with Gasteiger partial charge in [-0.2, -0.15) is 13.2 Å². The van der Waals surface area contributed by atoms with Gasteiger partial charge in [-0.05, 0) is 47.2 Å². The van der Waals surface area contributed by atoms with Crippen LogP contribution in [0.1, 0.15) is 15.9 Å². The summed E-state index contributed by atoms with van der Waals surface area (Å²) in [5.74, 6) is -3.26. The number of carbonyl (C=O) groups excluding carboxylic acids is 1. The monoisotopic (exact) mass is 332 g/mol. The maximum Gasteiger partial charge on any atom is 0.454 e. The van der Waals surface area contributed by atoms with E-state index in [4.69, 9.17) is 0 Å². The van der Waals surface area contributed by atoms with E-state index >= 15 is 0 Å². The Labute approximate surface area is 96.6 Å². The van der Waals surface area contributed by atoms with Crippen LogP contribution in [0.5, 0.6) is 0 Å². The lowest BCUT2D eigenvalue weighted by Gasteiger charge is -2.08. The number of alkyl halides is 3. The molecule has 0 aliphatic rings. The molecular weight excluding hydrogens is 327 g/mol. The maximum absolute atomic E-state index is 13.2. The standard InChI is InChI=1S/C9H5F4IO/c1-4-2-5(14)3-6(7(4)10)8(15)9(11,12)13/h2-3H,1H3. The SMILES string of the molecule is Cc1cc(I)cc(C(=O)C(F)(F)F)c1F. The summed E-state index contributed by atoms with van der Waals surface area (Å²) >= 11 is 1.72. The zero-order valence-electron chi connectivity index (χ0n) is 7.45.